The van der Waals surface area contributed by atoms with E-state index in [1.165, 1.54) is 16.7 Å². The molecule has 1 N–H and O–H groups in total. The van der Waals surface area contributed by atoms with Crippen molar-refractivity contribution in [3.63, 3.8) is 0 Å². The van der Waals surface area contributed by atoms with Gasteiger partial charge < -0.3 is 9.73 Å². The molecule has 0 unspecified atom stereocenters. The second-order valence-corrected chi connectivity index (χ2v) is 7.43. The van der Waals surface area contributed by atoms with E-state index in [0.29, 0.717) is 6.54 Å². The monoisotopic (exact) mass is 411 g/mol. The standard InChI is InChI=1S/C24H22ClNO.ClH/c1-16-3-6-18(7-4-16)14-26-15-23-24(19-8-10-20(25)11-9-19)21-13-17(2)5-12-22(21)27-23;/h3-13,26H,14-15H2,1-2H3;1H. The van der Waals surface area contributed by atoms with Crippen LogP contribution in [0.5, 0.6) is 0 Å². The van der Waals surface area contributed by atoms with Gasteiger partial charge in [-0.05, 0) is 49.2 Å². The molecule has 0 aliphatic rings. The van der Waals surface area contributed by atoms with Crippen LogP contribution in [0, 0.1) is 13.8 Å². The summed E-state index contributed by atoms with van der Waals surface area (Å²) in [4.78, 5) is 0. The molecule has 3 aromatic carbocycles. The fraction of sp³-hybridized carbons (Fsp3) is 0.167. The highest BCUT2D eigenvalue weighted by Gasteiger charge is 2.16. The largest absolute Gasteiger partial charge is 0.459 e. The summed E-state index contributed by atoms with van der Waals surface area (Å²) in [7, 11) is 0. The van der Waals surface area contributed by atoms with E-state index in [2.05, 4.69) is 67.7 Å². The third-order valence-electron chi connectivity index (χ3n) is 4.78. The Balaban J connectivity index is 0.00000225. The van der Waals surface area contributed by atoms with Gasteiger partial charge in [0.2, 0.25) is 0 Å². The maximum atomic E-state index is 6.20. The topological polar surface area (TPSA) is 25.2 Å². The second kappa shape index (κ2) is 8.83. The lowest BCUT2D eigenvalue weighted by Gasteiger charge is -2.07. The van der Waals surface area contributed by atoms with Crippen molar-refractivity contribution in [1.82, 2.24) is 5.32 Å². The average molecular weight is 412 g/mol. The van der Waals surface area contributed by atoms with Crippen molar-refractivity contribution in [3.8, 4) is 11.1 Å². The molecule has 0 spiro atoms. The van der Waals surface area contributed by atoms with E-state index in [9.17, 15) is 0 Å². The number of nitrogens with one attached hydrogen (secondary N) is 1. The molecule has 4 aromatic rings. The first-order chi connectivity index (χ1) is 13.1. The highest BCUT2D eigenvalue weighted by Crippen LogP contribution is 2.36. The normalized spacial score (nSPS) is 10.8. The first-order valence-electron chi connectivity index (χ1n) is 9.14. The molecule has 0 atom stereocenters. The Bertz CT molecular complexity index is 1070. The van der Waals surface area contributed by atoms with Crippen LogP contribution in [0.1, 0.15) is 22.5 Å². The van der Waals surface area contributed by atoms with E-state index in [1.807, 2.05) is 18.2 Å². The Morgan fingerprint density at radius 3 is 2.21 bits per heavy atom. The summed E-state index contributed by atoms with van der Waals surface area (Å²) in [5, 5.41) is 5.40. The van der Waals surface area contributed by atoms with Crippen molar-refractivity contribution in [2.24, 2.45) is 0 Å². The van der Waals surface area contributed by atoms with Gasteiger partial charge in [-0.1, -0.05) is 65.2 Å². The Kier molecular flexibility index (Phi) is 6.46. The number of aryl methyl sites for hydroxylation is 2. The summed E-state index contributed by atoms with van der Waals surface area (Å²) in [6.45, 7) is 5.68. The lowest BCUT2D eigenvalue weighted by atomic mass is 10.0. The summed E-state index contributed by atoms with van der Waals surface area (Å²) in [5.41, 5.74) is 6.94. The van der Waals surface area contributed by atoms with Crippen molar-refractivity contribution < 1.29 is 4.42 Å². The lowest BCUT2D eigenvalue weighted by molar-refractivity contribution is 0.515. The second-order valence-electron chi connectivity index (χ2n) is 7.00. The molecule has 0 aliphatic carbocycles. The van der Waals surface area contributed by atoms with Crippen molar-refractivity contribution in [2.75, 3.05) is 0 Å². The highest BCUT2D eigenvalue weighted by molar-refractivity contribution is 6.30. The van der Waals surface area contributed by atoms with Gasteiger partial charge >= 0.3 is 0 Å². The van der Waals surface area contributed by atoms with Crippen molar-refractivity contribution in [2.45, 2.75) is 26.9 Å². The van der Waals surface area contributed by atoms with Crippen molar-refractivity contribution >= 4 is 35.0 Å². The molecular weight excluding hydrogens is 389 g/mol. The molecule has 144 valence electrons. The maximum Gasteiger partial charge on any atom is 0.135 e. The van der Waals surface area contributed by atoms with Gasteiger partial charge in [-0.3, -0.25) is 0 Å². The van der Waals surface area contributed by atoms with Gasteiger partial charge in [0.25, 0.3) is 0 Å². The molecule has 1 heterocycles. The number of hydrogen-bond acceptors (Lipinski definition) is 2. The molecule has 4 heteroatoms. The Morgan fingerprint density at radius 2 is 1.50 bits per heavy atom. The van der Waals surface area contributed by atoms with Crippen LogP contribution in [0.25, 0.3) is 22.1 Å². The van der Waals surface area contributed by atoms with E-state index in [4.69, 9.17) is 16.0 Å². The van der Waals surface area contributed by atoms with Gasteiger partial charge in [0, 0.05) is 22.5 Å². The number of furan rings is 1. The Morgan fingerprint density at radius 1 is 0.821 bits per heavy atom. The van der Waals surface area contributed by atoms with Crippen LogP contribution >= 0.6 is 24.0 Å². The molecule has 4 rings (SSSR count). The molecule has 28 heavy (non-hydrogen) atoms. The summed E-state index contributed by atoms with van der Waals surface area (Å²) in [5.74, 6) is 0.949. The quantitative estimate of drug-likeness (QED) is 0.379. The predicted octanol–water partition coefficient (Wildman–Crippen LogP) is 7.08. The number of halogens is 2. The number of fused-ring (bicyclic) bond motifs is 1. The number of benzene rings is 3. The Hall–Kier alpha value is -2.26. The van der Waals surface area contributed by atoms with Crippen LogP contribution in [-0.2, 0) is 13.1 Å². The summed E-state index contributed by atoms with van der Waals surface area (Å²) in [6.07, 6.45) is 0. The summed E-state index contributed by atoms with van der Waals surface area (Å²) in [6, 6.07) is 22.9. The zero-order valence-electron chi connectivity index (χ0n) is 16.0. The van der Waals surface area contributed by atoms with Gasteiger partial charge in [0.15, 0.2) is 0 Å². The van der Waals surface area contributed by atoms with Gasteiger partial charge in [0.1, 0.15) is 11.3 Å². The van der Waals surface area contributed by atoms with Crippen LogP contribution in [0.3, 0.4) is 0 Å². The van der Waals surface area contributed by atoms with Crippen molar-refractivity contribution in [1.29, 1.82) is 0 Å². The summed E-state index contributed by atoms with van der Waals surface area (Å²) >= 11 is 6.08. The third kappa shape index (κ3) is 4.41. The minimum absolute atomic E-state index is 0. The Labute approximate surface area is 176 Å². The molecule has 0 radical (unpaired) electrons. The summed E-state index contributed by atoms with van der Waals surface area (Å²) < 4.78 is 6.20. The van der Waals surface area contributed by atoms with Gasteiger partial charge in [-0.2, -0.15) is 0 Å². The van der Waals surface area contributed by atoms with Gasteiger partial charge in [-0.25, -0.2) is 0 Å². The molecule has 0 saturated heterocycles. The zero-order chi connectivity index (χ0) is 18.8. The van der Waals surface area contributed by atoms with Gasteiger partial charge in [0.05, 0.1) is 6.54 Å². The first-order valence-corrected chi connectivity index (χ1v) is 9.52. The maximum absolute atomic E-state index is 6.20. The smallest absolute Gasteiger partial charge is 0.135 e. The lowest BCUT2D eigenvalue weighted by Crippen LogP contribution is -2.12. The minimum atomic E-state index is 0. The van der Waals surface area contributed by atoms with E-state index in [1.54, 1.807) is 0 Å². The molecule has 1 aromatic heterocycles. The van der Waals surface area contributed by atoms with Crippen LogP contribution in [0.2, 0.25) is 5.02 Å². The third-order valence-corrected chi connectivity index (χ3v) is 5.04. The SMILES string of the molecule is Cc1ccc(CNCc2oc3ccc(C)cc3c2-c2ccc(Cl)cc2)cc1.Cl. The van der Waals surface area contributed by atoms with Crippen molar-refractivity contribution in [3.05, 3.63) is 94.2 Å². The van der Waals surface area contributed by atoms with Gasteiger partial charge in [-0.15, -0.1) is 12.4 Å². The molecule has 0 fully saturated rings. The first kappa shape index (κ1) is 20.5. The van der Waals surface area contributed by atoms with Crippen LogP contribution in [0.4, 0.5) is 0 Å². The van der Waals surface area contributed by atoms with Crippen LogP contribution in [-0.4, -0.2) is 0 Å². The molecule has 0 aliphatic heterocycles. The zero-order valence-corrected chi connectivity index (χ0v) is 17.5. The average Bonchev–Trinajstić information content (AvgIpc) is 3.01. The van der Waals surface area contributed by atoms with Crippen LogP contribution < -0.4 is 5.32 Å². The van der Waals surface area contributed by atoms with E-state index in [-0.39, 0.29) is 12.4 Å². The van der Waals surface area contributed by atoms with E-state index < -0.39 is 0 Å². The van der Waals surface area contributed by atoms with E-state index in [0.717, 1.165) is 39.4 Å². The fourth-order valence-corrected chi connectivity index (χ4v) is 3.47. The minimum Gasteiger partial charge on any atom is -0.459 e. The fourth-order valence-electron chi connectivity index (χ4n) is 3.35. The molecule has 0 amide bonds. The predicted molar refractivity (Wildman–Crippen MR) is 120 cm³/mol. The van der Waals surface area contributed by atoms with Crippen LogP contribution in [0.15, 0.2) is 71.1 Å². The number of rotatable bonds is 5. The van der Waals surface area contributed by atoms with E-state index >= 15 is 0 Å². The molecule has 0 bridgehead atoms. The molecule has 0 saturated carbocycles. The molecular formula is C24H23Cl2NO. The number of hydrogen-bond donors (Lipinski definition) is 1. The highest BCUT2D eigenvalue weighted by atomic mass is 35.5. The molecule has 2 nitrogen and oxygen atoms in total.